The maximum Gasteiger partial charge on any atom is 0.416 e. The van der Waals surface area contributed by atoms with Crippen molar-refractivity contribution in [2.75, 3.05) is 0 Å². The van der Waals surface area contributed by atoms with E-state index in [4.69, 9.17) is 5.84 Å². The number of aryl methyl sites for hydroxylation is 2. The van der Waals surface area contributed by atoms with E-state index in [1.54, 1.807) is 12.3 Å². The van der Waals surface area contributed by atoms with Crippen molar-refractivity contribution < 1.29 is 13.2 Å². The van der Waals surface area contributed by atoms with Gasteiger partial charge in [-0.25, -0.2) is 5.43 Å². The highest BCUT2D eigenvalue weighted by Crippen LogP contribution is 2.32. The van der Waals surface area contributed by atoms with Gasteiger partial charge in [-0.1, -0.05) is 18.2 Å². The molecule has 0 aliphatic heterocycles. The van der Waals surface area contributed by atoms with E-state index in [9.17, 15) is 13.2 Å². The van der Waals surface area contributed by atoms with Crippen LogP contribution in [0.25, 0.3) is 0 Å². The molecule has 2 aromatic rings. The molecule has 0 aliphatic rings. The Kier molecular flexibility index (Phi) is 4.29. The highest BCUT2D eigenvalue weighted by atomic mass is 19.4. The first kappa shape index (κ1) is 15.5. The van der Waals surface area contributed by atoms with Crippen LogP contribution >= 0.6 is 0 Å². The zero-order chi connectivity index (χ0) is 15.6. The van der Waals surface area contributed by atoms with Crippen LogP contribution in [-0.2, 0) is 6.18 Å². The number of nitrogens with two attached hydrogens (primary N) is 1. The molecule has 0 saturated heterocycles. The summed E-state index contributed by atoms with van der Waals surface area (Å²) < 4.78 is 38.4. The molecule has 2 rings (SSSR count). The van der Waals surface area contributed by atoms with Gasteiger partial charge in [-0.05, 0) is 42.7 Å². The largest absolute Gasteiger partial charge is 0.416 e. The summed E-state index contributed by atoms with van der Waals surface area (Å²) in [5.41, 5.74) is 4.73. The Morgan fingerprint density at radius 3 is 2.48 bits per heavy atom. The molecule has 0 spiro atoms. The molecule has 0 aliphatic carbocycles. The predicted molar refractivity (Wildman–Crippen MR) is 74.3 cm³/mol. The van der Waals surface area contributed by atoms with Crippen molar-refractivity contribution in [3.8, 4) is 0 Å². The van der Waals surface area contributed by atoms with Crippen LogP contribution in [0.3, 0.4) is 0 Å². The fourth-order valence-corrected chi connectivity index (χ4v) is 2.26. The number of rotatable bonds is 3. The lowest BCUT2D eigenvalue weighted by Gasteiger charge is -2.19. The Labute approximate surface area is 121 Å². The number of benzene rings is 1. The van der Waals surface area contributed by atoms with Crippen LogP contribution in [0.4, 0.5) is 13.2 Å². The summed E-state index contributed by atoms with van der Waals surface area (Å²) in [6.45, 7) is 3.76. The van der Waals surface area contributed by atoms with Crippen molar-refractivity contribution >= 4 is 0 Å². The minimum atomic E-state index is -4.38. The second-order valence-corrected chi connectivity index (χ2v) is 4.94. The molecule has 3 nitrogen and oxygen atoms in total. The second-order valence-electron chi connectivity index (χ2n) is 4.94. The molecule has 0 saturated carbocycles. The average molecular weight is 295 g/mol. The molecule has 6 heteroatoms. The van der Waals surface area contributed by atoms with E-state index in [0.29, 0.717) is 11.3 Å². The van der Waals surface area contributed by atoms with Gasteiger partial charge in [0.05, 0.1) is 17.3 Å². The first-order valence-corrected chi connectivity index (χ1v) is 6.39. The number of hydrazine groups is 1. The second kappa shape index (κ2) is 5.83. The van der Waals surface area contributed by atoms with Crippen LogP contribution in [0.5, 0.6) is 0 Å². The molecule has 112 valence electrons. The molecule has 1 atom stereocenters. The fourth-order valence-electron chi connectivity index (χ4n) is 2.26. The number of pyridine rings is 1. The standard InChI is InChI=1S/C15H16F3N3/c1-9-6-10(2)13(20-8-9)14(21-19)11-4-3-5-12(7-11)15(16,17)18/h3-8,14,21H,19H2,1-2H3. The Balaban J connectivity index is 2.47. The Hall–Kier alpha value is -1.92. The lowest BCUT2D eigenvalue weighted by atomic mass is 9.98. The minimum Gasteiger partial charge on any atom is -0.271 e. The first-order chi connectivity index (χ1) is 9.82. The van der Waals surface area contributed by atoms with E-state index in [2.05, 4.69) is 10.4 Å². The maximum atomic E-state index is 12.8. The summed E-state index contributed by atoms with van der Waals surface area (Å²) in [5.74, 6) is 5.53. The van der Waals surface area contributed by atoms with Gasteiger partial charge < -0.3 is 0 Å². The lowest BCUT2D eigenvalue weighted by molar-refractivity contribution is -0.137. The van der Waals surface area contributed by atoms with Crippen molar-refractivity contribution in [3.05, 3.63) is 64.5 Å². The number of halogens is 3. The van der Waals surface area contributed by atoms with Gasteiger partial charge in [0.15, 0.2) is 0 Å². The quantitative estimate of drug-likeness (QED) is 0.675. The number of hydrogen-bond acceptors (Lipinski definition) is 3. The van der Waals surface area contributed by atoms with E-state index >= 15 is 0 Å². The molecule has 1 heterocycles. The molecule has 0 bridgehead atoms. The summed E-state index contributed by atoms with van der Waals surface area (Å²) >= 11 is 0. The van der Waals surface area contributed by atoms with Crippen molar-refractivity contribution in [3.63, 3.8) is 0 Å². The normalized spacial score (nSPS) is 13.2. The van der Waals surface area contributed by atoms with Crippen LogP contribution in [0.1, 0.15) is 34.0 Å². The Bertz CT molecular complexity index is 638. The summed E-state index contributed by atoms with van der Waals surface area (Å²) in [6.07, 6.45) is -2.72. The average Bonchev–Trinajstić information content (AvgIpc) is 2.41. The molecule has 1 aromatic carbocycles. The molecular weight excluding hydrogens is 279 g/mol. The van der Waals surface area contributed by atoms with E-state index in [0.717, 1.165) is 23.3 Å². The van der Waals surface area contributed by atoms with E-state index in [-0.39, 0.29) is 0 Å². The van der Waals surface area contributed by atoms with Crippen LogP contribution in [-0.4, -0.2) is 4.98 Å². The summed E-state index contributed by atoms with van der Waals surface area (Å²) in [6, 6.07) is 6.42. The molecule has 3 N–H and O–H groups in total. The zero-order valence-corrected chi connectivity index (χ0v) is 11.7. The van der Waals surface area contributed by atoms with Gasteiger partial charge in [0.2, 0.25) is 0 Å². The number of hydrogen-bond donors (Lipinski definition) is 2. The highest BCUT2D eigenvalue weighted by Gasteiger charge is 2.31. The molecule has 1 unspecified atom stereocenters. The van der Waals surface area contributed by atoms with Crippen LogP contribution in [0.15, 0.2) is 36.5 Å². The van der Waals surface area contributed by atoms with Gasteiger partial charge in [0.1, 0.15) is 0 Å². The monoisotopic (exact) mass is 295 g/mol. The number of alkyl halides is 3. The van der Waals surface area contributed by atoms with Gasteiger partial charge in [-0.15, -0.1) is 0 Å². The van der Waals surface area contributed by atoms with Crippen LogP contribution < -0.4 is 11.3 Å². The van der Waals surface area contributed by atoms with Gasteiger partial charge in [0.25, 0.3) is 0 Å². The van der Waals surface area contributed by atoms with E-state index in [1.807, 2.05) is 19.9 Å². The smallest absolute Gasteiger partial charge is 0.271 e. The first-order valence-electron chi connectivity index (χ1n) is 6.39. The van der Waals surface area contributed by atoms with Crippen molar-refractivity contribution in [2.24, 2.45) is 5.84 Å². The summed E-state index contributed by atoms with van der Waals surface area (Å²) in [4.78, 5) is 4.29. The van der Waals surface area contributed by atoms with Gasteiger partial charge in [0, 0.05) is 6.20 Å². The van der Waals surface area contributed by atoms with Crippen molar-refractivity contribution in [2.45, 2.75) is 26.1 Å². The van der Waals surface area contributed by atoms with Crippen LogP contribution in [0, 0.1) is 13.8 Å². The topological polar surface area (TPSA) is 50.9 Å². The van der Waals surface area contributed by atoms with Crippen LogP contribution in [0.2, 0.25) is 0 Å². The molecule has 1 aromatic heterocycles. The van der Waals surface area contributed by atoms with Gasteiger partial charge in [-0.2, -0.15) is 13.2 Å². The molecule has 0 fully saturated rings. The van der Waals surface area contributed by atoms with E-state index in [1.165, 1.54) is 6.07 Å². The van der Waals surface area contributed by atoms with Crippen molar-refractivity contribution in [1.82, 2.24) is 10.4 Å². The molecule has 0 radical (unpaired) electrons. The maximum absolute atomic E-state index is 12.8. The fraction of sp³-hybridized carbons (Fsp3) is 0.267. The summed E-state index contributed by atoms with van der Waals surface area (Å²) in [5, 5.41) is 0. The number of aromatic nitrogens is 1. The lowest BCUT2D eigenvalue weighted by Crippen LogP contribution is -2.30. The Morgan fingerprint density at radius 2 is 1.90 bits per heavy atom. The van der Waals surface area contributed by atoms with Gasteiger partial charge >= 0.3 is 6.18 Å². The third kappa shape index (κ3) is 3.40. The molecular formula is C15H16F3N3. The van der Waals surface area contributed by atoms with E-state index < -0.39 is 17.8 Å². The molecule has 0 amide bonds. The Morgan fingerprint density at radius 1 is 1.19 bits per heavy atom. The molecule has 21 heavy (non-hydrogen) atoms. The zero-order valence-electron chi connectivity index (χ0n) is 11.7. The minimum absolute atomic E-state index is 0.423. The third-order valence-corrected chi connectivity index (χ3v) is 3.24. The number of nitrogens with zero attached hydrogens (tertiary/aromatic N) is 1. The number of nitrogens with one attached hydrogen (secondary N) is 1. The SMILES string of the molecule is Cc1cnc(C(NN)c2cccc(C(F)(F)F)c2)c(C)c1. The highest BCUT2D eigenvalue weighted by molar-refractivity contribution is 5.36. The van der Waals surface area contributed by atoms with Gasteiger partial charge in [-0.3, -0.25) is 10.8 Å². The van der Waals surface area contributed by atoms with Crippen molar-refractivity contribution in [1.29, 1.82) is 0 Å². The predicted octanol–water partition coefficient (Wildman–Crippen LogP) is 3.27. The third-order valence-electron chi connectivity index (χ3n) is 3.24. The summed E-state index contributed by atoms with van der Waals surface area (Å²) in [7, 11) is 0.